The zero-order valence-corrected chi connectivity index (χ0v) is 13.4. The number of hydrogen-bond donors (Lipinski definition) is 0. The van der Waals surface area contributed by atoms with Gasteiger partial charge in [-0.25, -0.2) is 0 Å². The van der Waals surface area contributed by atoms with Crippen LogP contribution in [0.1, 0.15) is 47.0 Å². The molecule has 0 aliphatic rings. The van der Waals surface area contributed by atoms with Gasteiger partial charge in [-0.3, -0.25) is 0 Å². The van der Waals surface area contributed by atoms with Crippen molar-refractivity contribution >= 4 is 8.32 Å². The lowest BCUT2D eigenvalue weighted by molar-refractivity contribution is 0.0675. The first-order valence-corrected chi connectivity index (χ1v) is 9.23. The summed E-state index contributed by atoms with van der Waals surface area (Å²) in [6.45, 7) is 17.3. The largest absolute Gasteiger partial charge is 0.411 e. The molecular formula is C15H28OSi. The van der Waals surface area contributed by atoms with Gasteiger partial charge < -0.3 is 4.43 Å². The molecular weight excluding hydrogens is 224 g/mol. The summed E-state index contributed by atoms with van der Waals surface area (Å²) < 4.78 is 6.50. The molecule has 0 N–H and O–H groups in total. The summed E-state index contributed by atoms with van der Waals surface area (Å²) >= 11 is 0. The molecule has 98 valence electrons. The van der Waals surface area contributed by atoms with Crippen LogP contribution < -0.4 is 0 Å². The third kappa shape index (κ3) is 5.10. The Morgan fingerprint density at radius 3 is 2.18 bits per heavy atom. The molecule has 0 aromatic rings. The molecule has 0 bridgehead atoms. The van der Waals surface area contributed by atoms with E-state index in [1.165, 1.54) is 0 Å². The van der Waals surface area contributed by atoms with Crippen LogP contribution in [0.4, 0.5) is 0 Å². The van der Waals surface area contributed by atoms with E-state index in [2.05, 4.69) is 53.3 Å². The monoisotopic (exact) mass is 252 g/mol. The summed E-state index contributed by atoms with van der Waals surface area (Å²) in [5.74, 6) is 2.71. The van der Waals surface area contributed by atoms with Gasteiger partial charge in [0.1, 0.15) is 0 Å². The summed E-state index contributed by atoms with van der Waals surface area (Å²) in [5, 5.41) is 0.228. The molecule has 0 aromatic carbocycles. The van der Waals surface area contributed by atoms with Crippen molar-refractivity contribution in [2.45, 2.75) is 70.7 Å². The zero-order valence-electron chi connectivity index (χ0n) is 12.4. The molecule has 0 spiro atoms. The number of rotatable bonds is 6. The van der Waals surface area contributed by atoms with E-state index in [-0.39, 0.29) is 10.6 Å². The van der Waals surface area contributed by atoms with Gasteiger partial charge in [-0.2, -0.15) is 0 Å². The van der Waals surface area contributed by atoms with E-state index in [0.717, 1.165) is 19.3 Å². The van der Waals surface area contributed by atoms with Gasteiger partial charge in [0.25, 0.3) is 0 Å². The molecule has 0 amide bonds. The SMILES string of the molecule is C#CCCC(C)(CC=C)O[Si](C)(C)C(C)(C)C. The standard InChI is InChI=1S/C15H28OSi/c1-9-11-13-15(6,12-10-2)16-17(7,8)14(3,4)5/h1,10H,2,11-13H2,3-8H3. The molecule has 0 saturated heterocycles. The third-order valence-corrected chi connectivity index (χ3v) is 8.30. The number of hydrogen-bond acceptors (Lipinski definition) is 1. The van der Waals surface area contributed by atoms with Crippen LogP contribution in [0.15, 0.2) is 12.7 Å². The maximum absolute atomic E-state index is 6.50. The van der Waals surface area contributed by atoms with E-state index in [1.54, 1.807) is 0 Å². The van der Waals surface area contributed by atoms with Gasteiger partial charge in [0.15, 0.2) is 8.32 Å². The van der Waals surface area contributed by atoms with Crippen LogP contribution in [0.25, 0.3) is 0 Å². The summed E-state index contributed by atoms with van der Waals surface area (Å²) in [5.41, 5.74) is -0.156. The van der Waals surface area contributed by atoms with E-state index >= 15 is 0 Å². The summed E-state index contributed by atoms with van der Waals surface area (Å²) in [6, 6.07) is 0. The molecule has 17 heavy (non-hydrogen) atoms. The first-order chi connectivity index (χ1) is 7.58. The van der Waals surface area contributed by atoms with Gasteiger partial charge in [-0.1, -0.05) is 26.8 Å². The van der Waals surface area contributed by atoms with Gasteiger partial charge in [0.05, 0.1) is 5.60 Å². The lowest BCUT2D eigenvalue weighted by atomic mass is 9.97. The molecule has 0 heterocycles. The van der Waals surface area contributed by atoms with Crippen LogP contribution in [0.2, 0.25) is 18.1 Å². The lowest BCUT2D eigenvalue weighted by Crippen LogP contribution is -2.48. The molecule has 0 rings (SSSR count). The highest BCUT2D eigenvalue weighted by Crippen LogP contribution is 2.40. The highest BCUT2D eigenvalue weighted by Gasteiger charge is 2.42. The van der Waals surface area contributed by atoms with E-state index in [4.69, 9.17) is 10.8 Å². The first kappa shape index (κ1) is 16.5. The second-order valence-electron chi connectivity index (χ2n) is 6.51. The molecule has 0 radical (unpaired) electrons. The predicted molar refractivity (Wildman–Crippen MR) is 79.6 cm³/mol. The average molecular weight is 252 g/mol. The maximum atomic E-state index is 6.50. The maximum Gasteiger partial charge on any atom is 0.192 e. The summed E-state index contributed by atoms with van der Waals surface area (Å²) in [4.78, 5) is 0. The molecule has 1 atom stereocenters. The van der Waals surface area contributed by atoms with Crippen molar-refractivity contribution in [3.05, 3.63) is 12.7 Å². The molecule has 0 aromatic heterocycles. The Balaban J connectivity index is 4.87. The Morgan fingerprint density at radius 1 is 1.29 bits per heavy atom. The van der Waals surface area contributed by atoms with Crippen molar-refractivity contribution in [3.8, 4) is 12.3 Å². The van der Waals surface area contributed by atoms with Gasteiger partial charge in [0, 0.05) is 6.42 Å². The van der Waals surface area contributed by atoms with Crippen molar-refractivity contribution in [2.24, 2.45) is 0 Å². The van der Waals surface area contributed by atoms with Gasteiger partial charge in [-0.15, -0.1) is 18.9 Å². The van der Waals surface area contributed by atoms with Crippen LogP contribution >= 0.6 is 0 Å². The Morgan fingerprint density at radius 2 is 1.82 bits per heavy atom. The highest BCUT2D eigenvalue weighted by atomic mass is 28.4. The molecule has 0 aliphatic carbocycles. The molecule has 0 saturated carbocycles. The van der Waals surface area contributed by atoms with Crippen LogP contribution in [-0.4, -0.2) is 13.9 Å². The molecule has 2 heteroatoms. The van der Waals surface area contributed by atoms with E-state index < -0.39 is 8.32 Å². The van der Waals surface area contributed by atoms with Crippen LogP contribution in [-0.2, 0) is 4.43 Å². The normalized spacial score (nSPS) is 16.1. The Labute approximate surface area is 109 Å². The van der Waals surface area contributed by atoms with Crippen molar-refractivity contribution in [3.63, 3.8) is 0 Å². The Kier molecular flexibility index (Phi) is 5.70. The zero-order chi connectivity index (χ0) is 13.7. The van der Waals surface area contributed by atoms with E-state index in [1.807, 2.05) is 6.08 Å². The van der Waals surface area contributed by atoms with Gasteiger partial charge in [0.2, 0.25) is 0 Å². The minimum Gasteiger partial charge on any atom is -0.411 e. The average Bonchev–Trinajstić information content (AvgIpc) is 2.12. The lowest BCUT2D eigenvalue weighted by Gasteiger charge is -2.44. The third-order valence-electron chi connectivity index (χ3n) is 3.68. The smallest absolute Gasteiger partial charge is 0.192 e. The quantitative estimate of drug-likeness (QED) is 0.376. The Hall–Kier alpha value is -0.523. The number of terminal acetylenes is 1. The predicted octanol–water partition coefficient (Wildman–Crippen LogP) is 4.76. The van der Waals surface area contributed by atoms with E-state index in [0.29, 0.717) is 0 Å². The van der Waals surface area contributed by atoms with Crippen molar-refractivity contribution in [2.75, 3.05) is 0 Å². The Bertz CT molecular complexity index is 293. The highest BCUT2D eigenvalue weighted by molar-refractivity contribution is 6.74. The molecule has 0 aliphatic heterocycles. The minimum absolute atomic E-state index is 0.156. The van der Waals surface area contributed by atoms with E-state index in [9.17, 15) is 0 Å². The fraction of sp³-hybridized carbons (Fsp3) is 0.733. The van der Waals surface area contributed by atoms with Gasteiger partial charge >= 0.3 is 0 Å². The molecule has 0 fully saturated rings. The van der Waals surface area contributed by atoms with Crippen molar-refractivity contribution in [1.29, 1.82) is 0 Å². The van der Waals surface area contributed by atoms with Crippen LogP contribution in [0, 0.1) is 12.3 Å². The molecule has 1 nitrogen and oxygen atoms in total. The fourth-order valence-corrected chi connectivity index (χ4v) is 3.33. The molecule has 1 unspecified atom stereocenters. The van der Waals surface area contributed by atoms with Crippen LogP contribution in [0.5, 0.6) is 0 Å². The second-order valence-corrected chi connectivity index (χ2v) is 11.2. The van der Waals surface area contributed by atoms with Crippen molar-refractivity contribution in [1.82, 2.24) is 0 Å². The minimum atomic E-state index is -1.74. The first-order valence-electron chi connectivity index (χ1n) is 6.32. The summed E-state index contributed by atoms with van der Waals surface area (Å²) in [6.07, 6.45) is 9.83. The van der Waals surface area contributed by atoms with Gasteiger partial charge in [-0.05, 0) is 37.9 Å². The van der Waals surface area contributed by atoms with Crippen molar-refractivity contribution < 1.29 is 4.43 Å². The fourth-order valence-electron chi connectivity index (χ4n) is 1.61. The second kappa shape index (κ2) is 5.89. The summed E-state index contributed by atoms with van der Waals surface area (Å²) in [7, 11) is -1.74. The topological polar surface area (TPSA) is 9.23 Å². The van der Waals surface area contributed by atoms with Crippen LogP contribution in [0.3, 0.4) is 0 Å².